The normalized spacial score (nSPS) is 12.7. The van der Waals surface area contributed by atoms with Gasteiger partial charge < -0.3 is 21.1 Å². The van der Waals surface area contributed by atoms with Gasteiger partial charge in [-0.2, -0.15) is 0 Å². The van der Waals surface area contributed by atoms with Crippen molar-refractivity contribution in [1.82, 2.24) is 10.6 Å². The smallest absolute Gasteiger partial charge is 0.254 e. The first-order valence-electron chi connectivity index (χ1n) is 12.2. The zero-order valence-corrected chi connectivity index (χ0v) is 22.3. The molecular formula is C28H33F2N3O3S. The van der Waals surface area contributed by atoms with Crippen molar-refractivity contribution >= 4 is 28.2 Å². The van der Waals surface area contributed by atoms with E-state index in [1.165, 1.54) is 36.0 Å². The molecule has 0 radical (unpaired) electrons. The number of aliphatic hydroxyl groups is 1. The molecule has 198 valence electrons. The van der Waals surface area contributed by atoms with E-state index in [1.807, 2.05) is 25.1 Å². The van der Waals surface area contributed by atoms with E-state index < -0.39 is 29.7 Å². The molecule has 2 atom stereocenters. The van der Waals surface area contributed by atoms with Crippen molar-refractivity contribution in [2.24, 2.45) is 0 Å². The summed E-state index contributed by atoms with van der Waals surface area (Å²) in [6.45, 7) is 7.72. The first-order valence-corrected chi connectivity index (χ1v) is 13.0. The summed E-state index contributed by atoms with van der Waals surface area (Å²) in [5, 5.41) is 20.2. The number of anilines is 1. The Balaban J connectivity index is 1.80. The molecule has 2 unspecified atom stereocenters. The second kappa shape index (κ2) is 12.9. The van der Waals surface area contributed by atoms with Crippen LogP contribution < -0.4 is 16.0 Å². The lowest BCUT2D eigenvalue weighted by molar-refractivity contribution is -0.114. The lowest BCUT2D eigenvalue weighted by Crippen LogP contribution is -2.48. The Hall–Kier alpha value is -3.14. The van der Waals surface area contributed by atoms with Crippen LogP contribution in [0.15, 0.2) is 42.5 Å². The molecule has 0 bridgehead atoms. The molecule has 0 fully saturated rings. The van der Waals surface area contributed by atoms with Crippen molar-refractivity contribution in [1.29, 1.82) is 0 Å². The van der Waals surface area contributed by atoms with Crippen LogP contribution in [0.5, 0.6) is 0 Å². The lowest BCUT2D eigenvalue weighted by Gasteiger charge is -2.25. The van der Waals surface area contributed by atoms with Crippen LogP contribution in [-0.2, 0) is 24.2 Å². The number of carbonyl (C=O) groups is 2. The number of carbonyl (C=O) groups excluding carboxylic acids is 2. The number of halogens is 2. The molecule has 1 aromatic heterocycles. The highest BCUT2D eigenvalue weighted by Crippen LogP contribution is 2.32. The van der Waals surface area contributed by atoms with E-state index in [1.54, 1.807) is 6.92 Å². The summed E-state index contributed by atoms with van der Waals surface area (Å²) in [6.07, 6.45) is -0.142. The maximum absolute atomic E-state index is 13.8. The van der Waals surface area contributed by atoms with Crippen LogP contribution in [0.3, 0.4) is 0 Å². The zero-order valence-electron chi connectivity index (χ0n) is 21.5. The molecule has 3 aromatic rings. The largest absolute Gasteiger partial charge is 0.390 e. The fraction of sp³-hybridized carbons (Fsp3) is 0.357. The molecule has 0 aliphatic heterocycles. The van der Waals surface area contributed by atoms with E-state index in [0.29, 0.717) is 28.2 Å². The average molecular weight is 530 g/mol. The van der Waals surface area contributed by atoms with Crippen molar-refractivity contribution in [2.75, 3.05) is 11.9 Å². The Bertz CT molecular complexity index is 1240. The van der Waals surface area contributed by atoms with Gasteiger partial charge in [-0.3, -0.25) is 9.59 Å². The van der Waals surface area contributed by atoms with Gasteiger partial charge in [0, 0.05) is 31.0 Å². The molecule has 9 heteroatoms. The van der Waals surface area contributed by atoms with Crippen LogP contribution in [0.4, 0.5) is 13.8 Å². The average Bonchev–Trinajstić information content (AvgIpc) is 3.10. The third-order valence-corrected chi connectivity index (χ3v) is 7.27. The van der Waals surface area contributed by atoms with Crippen LogP contribution in [0.1, 0.15) is 51.3 Å². The second-order valence-electron chi connectivity index (χ2n) is 9.10. The molecule has 4 N–H and O–H groups in total. The van der Waals surface area contributed by atoms with E-state index in [-0.39, 0.29) is 18.9 Å². The SMILES string of the molecule is CCc1cccc(CNCC(O)C(Cc2cc(F)cc(F)c2)NC(=O)c2c(NC(C)=O)sc(C)c2C)c1. The Kier molecular flexibility index (Phi) is 9.91. The van der Waals surface area contributed by atoms with Crippen LogP contribution in [0.25, 0.3) is 0 Å². The zero-order chi connectivity index (χ0) is 27.1. The Morgan fingerprint density at radius 3 is 2.35 bits per heavy atom. The number of aryl methyl sites for hydroxylation is 2. The van der Waals surface area contributed by atoms with Crippen molar-refractivity contribution in [2.45, 2.75) is 59.2 Å². The molecule has 0 spiro atoms. The van der Waals surface area contributed by atoms with Crippen LogP contribution in [0.2, 0.25) is 0 Å². The van der Waals surface area contributed by atoms with Crippen molar-refractivity contribution in [3.63, 3.8) is 0 Å². The predicted molar refractivity (Wildman–Crippen MR) is 143 cm³/mol. The Labute approximate surface area is 220 Å². The van der Waals surface area contributed by atoms with Gasteiger partial charge in [0.15, 0.2) is 0 Å². The topological polar surface area (TPSA) is 90.5 Å². The summed E-state index contributed by atoms with van der Waals surface area (Å²) in [4.78, 5) is 25.9. The summed E-state index contributed by atoms with van der Waals surface area (Å²) >= 11 is 1.29. The van der Waals surface area contributed by atoms with Crippen LogP contribution in [0, 0.1) is 25.5 Å². The minimum atomic E-state index is -1.06. The van der Waals surface area contributed by atoms with Gasteiger partial charge in [-0.15, -0.1) is 11.3 Å². The third kappa shape index (κ3) is 7.92. The van der Waals surface area contributed by atoms with Gasteiger partial charge in [0.05, 0.1) is 17.7 Å². The molecule has 6 nitrogen and oxygen atoms in total. The van der Waals surface area contributed by atoms with Crippen molar-refractivity contribution < 1.29 is 23.5 Å². The van der Waals surface area contributed by atoms with Crippen molar-refractivity contribution in [3.05, 3.63) is 86.8 Å². The maximum atomic E-state index is 13.8. The van der Waals surface area contributed by atoms with Gasteiger partial charge in [-0.05, 0) is 61.1 Å². The number of hydrogen-bond acceptors (Lipinski definition) is 5. The van der Waals surface area contributed by atoms with E-state index >= 15 is 0 Å². The van der Waals surface area contributed by atoms with Gasteiger partial charge in [-0.25, -0.2) is 8.78 Å². The van der Waals surface area contributed by atoms with E-state index in [0.717, 1.165) is 22.9 Å². The first kappa shape index (κ1) is 28.4. The number of nitrogens with one attached hydrogen (secondary N) is 3. The van der Waals surface area contributed by atoms with Gasteiger partial charge in [0.25, 0.3) is 5.91 Å². The summed E-state index contributed by atoms with van der Waals surface area (Å²) in [5.41, 5.74) is 3.59. The minimum absolute atomic E-state index is 0.00617. The summed E-state index contributed by atoms with van der Waals surface area (Å²) in [7, 11) is 0. The van der Waals surface area contributed by atoms with E-state index in [4.69, 9.17) is 0 Å². The number of rotatable bonds is 11. The molecule has 3 rings (SSSR count). The summed E-state index contributed by atoms with van der Waals surface area (Å²) < 4.78 is 27.7. The quantitative estimate of drug-likeness (QED) is 0.291. The summed E-state index contributed by atoms with van der Waals surface area (Å²) in [6, 6.07) is 10.4. The van der Waals surface area contributed by atoms with Crippen LogP contribution in [-0.4, -0.2) is 35.6 Å². The molecule has 2 amide bonds. The van der Waals surface area contributed by atoms with Crippen LogP contribution >= 0.6 is 11.3 Å². The predicted octanol–water partition coefficient (Wildman–Crippen LogP) is 4.66. The number of amides is 2. The van der Waals surface area contributed by atoms with Gasteiger partial charge in [0.1, 0.15) is 16.6 Å². The highest BCUT2D eigenvalue weighted by molar-refractivity contribution is 7.16. The molecule has 0 aliphatic carbocycles. The second-order valence-corrected chi connectivity index (χ2v) is 10.3. The monoisotopic (exact) mass is 529 g/mol. The number of thiophene rings is 1. The molecular weight excluding hydrogens is 496 g/mol. The van der Waals surface area contributed by atoms with Gasteiger partial charge in [-0.1, -0.05) is 31.2 Å². The number of hydrogen-bond donors (Lipinski definition) is 4. The molecule has 0 aliphatic rings. The highest BCUT2D eigenvalue weighted by Gasteiger charge is 2.27. The minimum Gasteiger partial charge on any atom is -0.390 e. The lowest BCUT2D eigenvalue weighted by atomic mass is 9.99. The molecule has 1 heterocycles. The summed E-state index contributed by atoms with van der Waals surface area (Å²) in [5.74, 6) is -2.26. The molecule has 0 saturated carbocycles. The number of benzene rings is 2. The van der Waals surface area contributed by atoms with Gasteiger partial charge >= 0.3 is 0 Å². The standard InChI is InChI=1S/C28H33F2N3O3S/c1-5-19-7-6-8-20(9-19)14-31-15-25(35)24(12-21-10-22(29)13-23(30)11-21)33-27(36)26-16(2)17(3)37-28(26)32-18(4)34/h6-11,13,24-25,31,35H,5,12,14-15H2,1-4H3,(H,32,34)(H,33,36). The van der Waals surface area contributed by atoms with Crippen molar-refractivity contribution in [3.8, 4) is 0 Å². The highest BCUT2D eigenvalue weighted by atomic mass is 32.1. The maximum Gasteiger partial charge on any atom is 0.254 e. The fourth-order valence-electron chi connectivity index (χ4n) is 4.12. The molecule has 2 aromatic carbocycles. The first-order chi connectivity index (χ1) is 17.6. The Morgan fingerprint density at radius 2 is 1.70 bits per heavy atom. The van der Waals surface area contributed by atoms with Gasteiger partial charge in [0.2, 0.25) is 5.91 Å². The Morgan fingerprint density at radius 1 is 1.03 bits per heavy atom. The van der Waals surface area contributed by atoms with E-state index in [9.17, 15) is 23.5 Å². The molecule has 37 heavy (non-hydrogen) atoms. The molecule has 0 saturated heterocycles. The fourth-order valence-corrected chi connectivity index (χ4v) is 5.22. The van der Waals surface area contributed by atoms with E-state index in [2.05, 4.69) is 28.9 Å². The third-order valence-electron chi connectivity index (χ3n) is 6.14. The number of aliphatic hydroxyl groups excluding tert-OH is 1.